The Bertz CT molecular complexity index is 692. The van der Waals surface area contributed by atoms with Crippen LogP contribution in [-0.4, -0.2) is 18.6 Å². The van der Waals surface area contributed by atoms with E-state index < -0.39 is 10.0 Å². The molecular weight excluding hydrogens is 266 g/mol. The Morgan fingerprint density at radius 2 is 2.00 bits per heavy atom. The van der Waals surface area contributed by atoms with Gasteiger partial charge in [0.25, 0.3) is 0 Å². The lowest BCUT2D eigenvalue weighted by Crippen LogP contribution is -2.24. The summed E-state index contributed by atoms with van der Waals surface area (Å²) in [5.41, 5.74) is 1.58. The Morgan fingerprint density at radius 1 is 1.26 bits per heavy atom. The number of sulfonamides is 1. The van der Waals surface area contributed by atoms with E-state index in [0.29, 0.717) is 11.4 Å². The minimum atomic E-state index is -3.58. The highest BCUT2D eigenvalue weighted by atomic mass is 32.2. The molecule has 102 valence electrons. The van der Waals surface area contributed by atoms with Crippen LogP contribution in [0.4, 0.5) is 0 Å². The molecule has 0 unspecified atom stereocenters. The second kappa shape index (κ2) is 5.10. The van der Waals surface area contributed by atoms with Gasteiger partial charge in [-0.05, 0) is 38.0 Å². The standard InChI is InChI=1S/C12H15N3O3S/c1-8-4-5-9(2)11(6-8)19(16,17)13-7-12-14-10(3)15-18-12/h4-6,13H,7H2,1-3H3. The number of hydrogen-bond donors (Lipinski definition) is 1. The molecule has 2 aromatic rings. The van der Waals surface area contributed by atoms with Crippen LogP contribution in [0, 0.1) is 20.8 Å². The molecule has 0 spiro atoms. The van der Waals surface area contributed by atoms with Crippen LogP contribution in [0.1, 0.15) is 22.8 Å². The van der Waals surface area contributed by atoms with Gasteiger partial charge in [0.15, 0.2) is 5.82 Å². The number of aromatic nitrogens is 2. The van der Waals surface area contributed by atoms with Crippen molar-refractivity contribution in [3.63, 3.8) is 0 Å². The Balaban J connectivity index is 2.20. The molecule has 0 amide bonds. The number of hydrogen-bond acceptors (Lipinski definition) is 5. The van der Waals surface area contributed by atoms with Gasteiger partial charge in [-0.2, -0.15) is 4.98 Å². The molecule has 0 fully saturated rings. The van der Waals surface area contributed by atoms with Crippen molar-refractivity contribution in [3.8, 4) is 0 Å². The molecule has 1 heterocycles. The fraction of sp³-hybridized carbons (Fsp3) is 0.333. The second-order valence-corrected chi connectivity index (χ2v) is 6.06. The summed E-state index contributed by atoms with van der Waals surface area (Å²) in [6.45, 7) is 5.26. The van der Waals surface area contributed by atoms with E-state index in [1.54, 1.807) is 26.0 Å². The van der Waals surface area contributed by atoms with Gasteiger partial charge in [0.2, 0.25) is 15.9 Å². The van der Waals surface area contributed by atoms with Crippen molar-refractivity contribution in [2.75, 3.05) is 0 Å². The van der Waals surface area contributed by atoms with E-state index in [4.69, 9.17) is 4.52 Å². The van der Waals surface area contributed by atoms with Crippen LogP contribution in [0.5, 0.6) is 0 Å². The lowest BCUT2D eigenvalue weighted by molar-refractivity contribution is 0.372. The molecule has 0 aliphatic heterocycles. The summed E-state index contributed by atoms with van der Waals surface area (Å²) in [4.78, 5) is 4.21. The Morgan fingerprint density at radius 3 is 2.63 bits per heavy atom. The molecule has 0 bridgehead atoms. The minimum Gasteiger partial charge on any atom is -0.338 e. The Kier molecular flexibility index (Phi) is 3.68. The van der Waals surface area contributed by atoms with Crippen molar-refractivity contribution >= 4 is 10.0 Å². The molecule has 1 aromatic heterocycles. The Hall–Kier alpha value is -1.73. The molecule has 6 nitrogen and oxygen atoms in total. The van der Waals surface area contributed by atoms with Gasteiger partial charge in [-0.3, -0.25) is 0 Å². The SMILES string of the molecule is Cc1ccc(C)c(S(=O)(=O)NCc2nc(C)no2)c1. The van der Waals surface area contributed by atoms with Crippen molar-refractivity contribution < 1.29 is 12.9 Å². The highest BCUT2D eigenvalue weighted by Gasteiger charge is 2.17. The fourth-order valence-corrected chi connectivity index (χ4v) is 2.95. The van der Waals surface area contributed by atoms with E-state index in [-0.39, 0.29) is 17.3 Å². The second-order valence-electron chi connectivity index (χ2n) is 4.33. The molecule has 0 saturated heterocycles. The van der Waals surface area contributed by atoms with Crippen molar-refractivity contribution in [1.29, 1.82) is 0 Å². The zero-order valence-electron chi connectivity index (χ0n) is 11.0. The highest BCUT2D eigenvalue weighted by Crippen LogP contribution is 2.16. The van der Waals surface area contributed by atoms with E-state index in [0.717, 1.165) is 5.56 Å². The van der Waals surface area contributed by atoms with Gasteiger partial charge in [-0.15, -0.1) is 0 Å². The number of aryl methyl sites for hydroxylation is 3. The first kappa shape index (κ1) is 13.7. The lowest BCUT2D eigenvalue weighted by atomic mass is 10.2. The van der Waals surface area contributed by atoms with Crippen molar-refractivity contribution in [2.45, 2.75) is 32.2 Å². The summed E-state index contributed by atoms with van der Waals surface area (Å²) in [5, 5.41) is 3.60. The normalized spacial score (nSPS) is 11.7. The number of rotatable bonds is 4. The van der Waals surface area contributed by atoms with Crippen LogP contribution in [0.15, 0.2) is 27.6 Å². The first-order chi connectivity index (χ1) is 8.88. The number of nitrogens with one attached hydrogen (secondary N) is 1. The smallest absolute Gasteiger partial charge is 0.241 e. The maximum Gasteiger partial charge on any atom is 0.241 e. The largest absolute Gasteiger partial charge is 0.338 e. The molecule has 1 aromatic carbocycles. The molecule has 19 heavy (non-hydrogen) atoms. The van der Waals surface area contributed by atoms with Crippen LogP contribution in [0.2, 0.25) is 0 Å². The maximum atomic E-state index is 12.2. The van der Waals surface area contributed by atoms with Crippen LogP contribution in [0.3, 0.4) is 0 Å². The van der Waals surface area contributed by atoms with E-state index in [1.165, 1.54) is 0 Å². The third-order valence-corrected chi connectivity index (χ3v) is 4.16. The third kappa shape index (κ3) is 3.18. The molecule has 7 heteroatoms. The molecular formula is C12H15N3O3S. The topological polar surface area (TPSA) is 85.1 Å². The number of nitrogens with zero attached hydrogens (tertiary/aromatic N) is 2. The number of benzene rings is 1. The highest BCUT2D eigenvalue weighted by molar-refractivity contribution is 7.89. The van der Waals surface area contributed by atoms with Gasteiger partial charge in [0.05, 0.1) is 11.4 Å². The molecule has 1 N–H and O–H groups in total. The van der Waals surface area contributed by atoms with Gasteiger partial charge in [-0.25, -0.2) is 13.1 Å². The zero-order valence-corrected chi connectivity index (χ0v) is 11.8. The van der Waals surface area contributed by atoms with E-state index in [2.05, 4.69) is 14.9 Å². The van der Waals surface area contributed by atoms with Crippen LogP contribution < -0.4 is 4.72 Å². The summed E-state index contributed by atoms with van der Waals surface area (Å²) in [6.07, 6.45) is 0. The first-order valence-corrected chi connectivity index (χ1v) is 7.23. The zero-order chi connectivity index (χ0) is 14.0. The van der Waals surface area contributed by atoms with Crippen molar-refractivity contribution in [3.05, 3.63) is 41.0 Å². The van der Waals surface area contributed by atoms with Crippen LogP contribution >= 0.6 is 0 Å². The quantitative estimate of drug-likeness (QED) is 0.917. The van der Waals surface area contributed by atoms with Crippen molar-refractivity contribution in [1.82, 2.24) is 14.9 Å². The van der Waals surface area contributed by atoms with Crippen LogP contribution in [-0.2, 0) is 16.6 Å². The van der Waals surface area contributed by atoms with E-state index in [1.807, 2.05) is 13.0 Å². The predicted molar refractivity (Wildman–Crippen MR) is 69.0 cm³/mol. The third-order valence-electron chi connectivity index (χ3n) is 2.62. The molecule has 0 radical (unpaired) electrons. The summed E-state index contributed by atoms with van der Waals surface area (Å²) < 4.78 is 31.7. The molecule has 2 rings (SSSR count). The molecule has 0 aliphatic rings. The predicted octanol–water partition coefficient (Wildman–Crippen LogP) is 1.47. The molecule has 0 saturated carbocycles. The average molecular weight is 281 g/mol. The van der Waals surface area contributed by atoms with Gasteiger partial charge < -0.3 is 4.52 Å². The summed E-state index contributed by atoms with van der Waals surface area (Å²) >= 11 is 0. The summed E-state index contributed by atoms with van der Waals surface area (Å²) in [6, 6.07) is 5.28. The minimum absolute atomic E-state index is 0.0173. The molecule has 0 aliphatic carbocycles. The molecule has 0 atom stereocenters. The van der Waals surface area contributed by atoms with Gasteiger partial charge in [-0.1, -0.05) is 17.3 Å². The van der Waals surface area contributed by atoms with E-state index in [9.17, 15) is 8.42 Å². The Labute approximate surface area is 111 Å². The van der Waals surface area contributed by atoms with Crippen LogP contribution in [0.25, 0.3) is 0 Å². The summed E-state index contributed by atoms with van der Waals surface area (Å²) in [7, 11) is -3.58. The van der Waals surface area contributed by atoms with Gasteiger partial charge >= 0.3 is 0 Å². The average Bonchev–Trinajstić information content (AvgIpc) is 2.76. The lowest BCUT2D eigenvalue weighted by Gasteiger charge is -2.08. The summed E-state index contributed by atoms with van der Waals surface area (Å²) in [5.74, 6) is 0.715. The maximum absolute atomic E-state index is 12.2. The first-order valence-electron chi connectivity index (χ1n) is 5.74. The monoisotopic (exact) mass is 281 g/mol. The van der Waals surface area contributed by atoms with Gasteiger partial charge in [0.1, 0.15) is 0 Å². The van der Waals surface area contributed by atoms with Crippen molar-refractivity contribution in [2.24, 2.45) is 0 Å². The fourth-order valence-electron chi connectivity index (χ4n) is 1.64. The van der Waals surface area contributed by atoms with Gasteiger partial charge in [0, 0.05) is 0 Å². The van der Waals surface area contributed by atoms with E-state index >= 15 is 0 Å².